The summed E-state index contributed by atoms with van der Waals surface area (Å²) < 4.78 is 16.9. The van der Waals surface area contributed by atoms with Gasteiger partial charge in [0.15, 0.2) is 12.6 Å². The molecule has 1 atom stereocenters. The van der Waals surface area contributed by atoms with Crippen LogP contribution in [0.5, 0.6) is 11.5 Å². The van der Waals surface area contributed by atoms with Gasteiger partial charge in [-0.15, -0.1) is 0 Å². The molecule has 0 radical (unpaired) electrons. The van der Waals surface area contributed by atoms with Crippen molar-refractivity contribution in [3.8, 4) is 11.5 Å². The van der Waals surface area contributed by atoms with Crippen LogP contribution in [-0.4, -0.2) is 23.7 Å². The normalized spacial score (nSPS) is 18.4. The van der Waals surface area contributed by atoms with Gasteiger partial charge in [0.25, 0.3) is 0 Å². The molecule has 0 saturated heterocycles. The summed E-state index contributed by atoms with van der Waals surface area (Å²) in [6, 6.07) is 6.76. The van der Waals surface area contributed by atoms with E-state index in [0.717, 1.165) is 11.1 Å². The molecule has 0 aliphatic carbocycles. The molecule has 2 aliphatic rings. The van der Waals surface area contributed by atoms with E-state index in [9.17, 15) is 14.7 Å². The fraction of sp³-hybridized carbons (Fsp3) is 0.300. The Bertz CT molecular complexity index is 930. The highest BCUT2D eigenvalue weighted by Gasteiger charge is 2.32. The van der Waals surface area contributed by atoms with Crippen molar-refractivity contribution in [3.63, 3.8) is 0 Å². The van der Waals surface area contributed by atoms with Gasteiger partial charge in [0.1, 0.15) is 17.6 Å². The third kappa shape index (κ3) is 2.72. The molecule has 4 rings (SSSR count). The van der Waals surface area contributed by atoms with Crippen molar-refractivity contribution in [2.75, 3.05) is 6.79 Å². The van der Waals surface area contributed by atoms with Crippen molar-refractivity contribution in [2.45, 2.75) is 33.0 Å². The Morgan fingerprint density at radius 1 is 1.15 bits per heavy atom. The van der Waals surface area contributed by atoms with Gasteiger partial charge < -0.3 is 19.3 Å². The maximum absolute atomic E-state index is 12.7. The number of aromatic carboxylic acids is 1. The molecule has 0 unspecified atom stereocenters. The molecule has 0 spiro atoms. The van der Waals surface area contributed by atoms with Crippen LogP contribution in [0.15, 0.2) is 24.3 Å². The molecule has 2 heterocycles. The van der Waals surface area contributed by atoms with Gasteiger partial charge in [0.2, 0.25) is 0 Å². The molecule has 0 saturated carbocycles. The highest BCUT2D eigenvalue weighted by molar-refractivity contribution is 6.00. The van der Waals surface area contributed by atoms with Gasteiger partial charge in [-0.25, -0.2) is 4.79 Å². The lowest BCUT2D eigenvalue weighted by molar-refractivity contribution is -0.0184. The quantitative estimate of drug-likeness (QED) is 0.888. The molecule has 0 fully saturated rings. The van der Waals surface area contributed by atoms with E-state index >= 15 is 0 Å². The van der Waals surface area contributed by atoms with Crippen molar-refractivity contribution in [3.05, 3.63) is 57.6 Å². The van der Waals surface area contributed by atoms with Crippen LogP contribution < -0.4 is 9.47 Å². The van der Waals surface area contributed by atoms with E-state index in [1.54, 1.807) is 0 Å². The first-order chi connectivity index (χ1) is 12.4. The average molecular weight is 354 g/mol. The summed E-state index contributed by atoms with van der Waals surface area (Å²) in [5.41, 5.74) is 3.97. The highest BCUT2D eigenvalue weighted by Crippen LogP contribution is 2.42. The Labute approximate surface area is 150 Å². The summed E-state index contributed by atoms with van der Waals surface area (Å²) in [6.45, 7) is 4.26. The minimum Gasteiger partial charge on any atom is -0.484 e. The number of Topliss-reactive ketones (excluding diaryl/α,β-unsaturated/α-hetero) is 1. The molecule has 2 aliphatic heterocycles. The zero-order valence-electron chi connectivity index (χ0n) is 14.5. The van der Waals surface area contributed by atoms with Gasteiger partial charge in [0, 0.05) is 11.1 Å². The number of benzene rings is 2. The van der Waals surface area contributed by atoms with Crippen LogP contribution in [0, 0.1) is 13.8 Å². The number of hydrogen-bond donors (Lipinski definition) is 1. The average Bonchev–Trinajstić information content (AvgIpc) is 2.62. The highest BCUT2D eigenvalue weighted by atomic mass is 16.7. The molecular formula is C20H18O6. The number of carboxylic acids is 1. The van der Waals surface area contributed by atoms with Crippen LogP contribution in [0.4, 0.5) is 0 Å². The molecule has 0 bridgehead atoms. The lowest BCUT2D eigenvalue weighted by Crippen LogP contribution is -2.23. The maximum Gasteiger partial charge on any atom is 0.335 e. The second kappa shape index (κ2) is 6.14. The van der Waals surface area contributed by atoms with E-state index in [2.05, 4.69) is 0 Å². The van der Waals surface area contributed by atoms with Gasteiger partial charge in [0.05, 0.1) is 24.2 Å². The first kappa shape index (κ1) is 16.6. The fourth-order valence-corrected chi connectivity index (χ4v) is 3.36. The topological polar surface area (TPSA) is 82.1 Å². The standard InChI is InChI=1S/C20H18O6/c1-10-3-14-16(21)7-18(26-17(14)4-11(10)2)15-6-12(20(22)23)5-13-8-24-9-25-19(13)15/h3-6,18H,7-9H2,1-2H3,(H,22,23)/t18-/m0/s1. The number of fused-ring (bicyclic) bond motifs is 2. The monoisotopic (exact) mass is 354 g/mol. The minimum atomic E-state index is -1.05. The molecule has 0 aromatic heterocycles. The van der Waals surface area contributed by atoms with Crippen LogP contribution in [0.2, 0.25) is 0 Å². The van der Waals surface area contributed by atoms with E-state index in [1.165, 1.54) is 12.1 Å². The summed E-state index contributed by atoms with van der Waals surface area (Å²) in [7, 11) is 0. The molecule has 6 nitrogen and oxygen atoms in total. The Kier molecular flexibility index (Phi) is 3.92. The summed E-state index contributed by atoms with van der Waals surface area (Å²) >= 11 is 0. The van der Waals surface area contributed by atoms with Gasteiger partial charge in [-0.3, -0.25) is 4.79 Å². The Morgan fingerprint density at radius 3 is 2.69 bits per heavy atom. The smallest absolute Gasteiger partial charge is 0.335 e. The number of rotatable bonds is 2. The van der Waals surface area contributed by atoms with Crippen molar-refractivity contribution >= 4 is 11.8 Å². The second-order valence-electron chi connectivity index (χ2n) is 6.64. The van der Waals surface area contributed by atoms with Crippen molar-refractivity contribution < 1.29 is 28.9 Å². The Morgan fingerprint density at radius 2 is 1.92 bits per heavy atom. The Hall–Kier alpha value is -2.86. The van der Waals surface area contributed by atoms with Crippen molar-refractivity contribution in [1.29, 1.82) is 0 Å². The number of aryl methyl sites for hydroxylation is 2. The number of ether oxygens (including phenoxy) is 3. The Balaban J connectivity index is 1.80. The van der Waals surface area contributed by atoms with Crippen molar-refractivity contribution in [2.24, 2.45) is 0 Å². The number of carboxylic acid groups (broad SMARTS) is 1. The largest absolute Gasteiger partial charge is 0.484 e. The number of carbonyl (C=O) groups is 2. The number of hydrogen-bond acceptors (Lipinski definition) is 5. The molecular weight excluding hydrogens is 336 g/mol. The third-order valence-corrected chi connectivity index (χ3v) is 4.87. The fourth-order valence-electron chi connectivity index (χ4n) is 3.36. The molecule has 6 heteroatoms. The maximum atomic E-state index is 12.7. The van der Waals surface area contributed by atoms with Gasteiger partial charge >= 0.3 is 5.97 Å². The van der Waals surface area contributed by atoms with Crippen LogP contribution in [0.25, 0.3) is 0 Å². The summed E-state index contributed by atoms with van der Waals surface area (Å²) in [5, 5.41) is 9.40. The van der Waals surface area contributed by atoms with E-state index < -0.39 is 12.1 Å². The van der Waals surface area contributed by atoms with Gasteiger partial charge in [-0.2, -0.15) is 0 Å². The number of carbonyl (C=O) groups excluding carboxylic acids is 1. The molecule has 0 amide bonds. The van der Waals surface area contributed by atoms with E-state index in [-0.39, 0.29) is 31.2 Å². The third-order valence-electron chi connectivity index (χ3n) is 4.87. The van der Waals surface area contributed by atoms with Gasteiger partial charge in [-0.1, -0.05) is 0 Å². The molecule has 2 aromatic rings. The van der Waals surface area contributed by atoms with E-state index in [1.807, 2.05) is 26.0 Å². The molecule has 134 valence electrons. The van der Waals surface area contributed by atoms with Crippen LogP contribution >= 0.6 is 0 Å². The molecule has 26 heavy (non-hydrogen) atoms. The van der Waals surface area contributed by atoms with Crippen LogP contribution in [0.3, 0.4) is 0 Å². The van der Waals surface area contributed by atoms with Gasteiger partial charge in [-0.05, 0) is 49.2 Å². The first-order valence-electron chi connectivity index (χ1n) is 8.36. The van der Waals surface area contributed by atoms with Crippen molar-refractivity contribution in [1.82, 2.24) is 0 Å². The van der Waals surface area contributed by atoms with E-state index in [0.29, 0.717) is 28.2 Å². The lowest BCUT2D eigenvalue weighted by Gasteiger charge is -2.29. The lowest BCUT2D eigenvalue weighted by atomic mass is 9.91. The SMILES string of the molecule is Cc1cc2c(cc1C)C(=O)C[C@@H](c1cc(C(=O)O)cc3c1OCOC3)O2. The second-order valence-corrected chi connectivity index (χ2v) is 6.64. The summed E-state index contributed by atoms with van der Waals surface area (Å²) in [5.74, 6) is -0.00302. The van der Waals surface area contributed by atoms with Crippen LogP contribution in [0.1, 0.15) is 55.5 Å². The zero-order valence-corrected chi connectivity index (χ0v) is 14.5. The molecule has 1 N–H and O–H groups in total. The zero-order chi connectivity index (χ0) is 18.4. The summed E-state index contributed by atoms with van der Waals surface area (Å²) in [6.07, 6.45) is -0.460. The minimum absolute atomic E-state index is 0.0270. The predicted octanol–water partition coefficient (Wildman–Crippen LogP) is 3.57. The predicted molar refractivity (Wildman–Crippen MR) is 91.9 cm³/mol. The van der Waals surface area contributed by atoms with Crippen LogP contribution in [-0.2, 0) is 11.3 Å². The van der Waals surface area contributed by atoms with E-state index in [4.69, 9.17) is 14.2 Å². The molecule has 2 aromatic carbocycles. The first-order valence-corrected chi connectivity index (χ1v) is 8.36. The summed E-state index contributed by atoms with van der Waals surface area (Å²) in [4.78, 5) is 24.1. The number of ketones is 1.